The maximum Gasteiger partial charge on any atom is 0.252 e. The number of nitrogens with one attached hydrogen (secondary N) is 1. The van der Waals surface area contributed by atoms with Crippen LogP contribution >= 0.6 is 0 Å². The molecule has 26 heavy (non-hydrogen) atoms. The fourth-order valence-corrected chi connectivity index (χ4v) is 3.28. The van der Waals surface area contributed by atoms with Gasteiger partial charge in [-0.15, -0.1) is 0 Å². The van der Waals surface area contributed by atoms with Crippen LogP contribution in [0.4, 0.5) is 0 Å². The number of carbonyl (C=O) groups is 1. The Labute approximate surface area is 152 Å². The quantitative estimate of drug-likeness (QED) is 0.784. The van der Waals surface area contributed by atoms with Crippen LogP contribution in [0.25, 0.3) is 22.3 Å². The third kappa shape index (κ3) is 3.44. The van der Waals surface area contributed by atoms with E-state index in [-0.39, 0.29) is 12.0 Å². The van der Waals surface area contributed by atoms with Crippen molar-refractivity contribution in [2.24, 2.45) is 0 Å². The molecule has 3 aromatic rings. The molecular weight excluding hydrogens is 326 g/mol. The number of hydrogen-bond donors (Lipinski definition) is 1. The van der Waals surface area contributed by atoms with Crippen molar-refractivity contribution >= 4 is 16.8 Å². The van der Waals surface area contributed by atoms with Crippen molar-refractivity contribution < 1.29 is 9.53 Å². The molecule has 5 heteroatoms. The Morgan fingerprint density at radius 3 is 2.92 bits per heavy atom. The van der Waals surface area contributed by atoms with Crippen molar-refractivity contribution in [3.63, 3.8) is 0 Å². The topological polar surface area (TPSA) is 64.1 Å². The Kier molecular flexibility index (Phi) is 4.63. The van der Waals surface area contributed by atoms with Gasteiger partial charge in [-0.25, -0.2) is 4.98 Å². The minimum atomic E-state index is -0.101. The normalized spacial score (nSPS) is 16.7. The average Bonchev–Trinajstić information content (AvgIpc) is 3.19. The molecule has 5 nitrogen and oxygen atoms in total. The third-order valence-electron chi connectivity index (χ3n) is 4.65. The largest absolute Gasteiger partial charge is 0.376 e. The first kappa shape index (κ1) is 16.7. The molecule has 1 aliphatic rings. The smallest absolute Gasteiger partial charge is 0.252 e. The Morgan fingerprint density at radius 2 is 2.15 bits per heavy atom. The number of fused-ring (bicyclic) bond motifs is 1. The van der Waals surface area contributed by atoms with E-state index in [1.807, 2.05) is 49.4 Å². The van der Waals surface area contributed by atoms with Crippen LogP contribution in [-0.2, 0) is 4.74 Å². The summed E-state index contributed by atoms with van der Waals surface area (Å²) in [6.07, 6.45) is 3.90. The van der Waals surface area contributed by atoms with Gasteiger partial charge in [0.1, 0.15) is 0 Å². The second-order valence-corrected chi connectivity index (χ2v) is 6.64. The van der Waals surface area contributed by atoms with E-state index in [9.17, 15) is 4.79 Å². The molecule has 0 radical (unpaired) electrons. The lowest BCUT2D eigenvalue weighted by Crippen LogP contribution is -2.32. The highest BCUT2D eigenvalue weighted by atomic mass is 16.5. The lowest BCUT2D eigenvalue weighted by atomic mass is 10.0. The monoisotopic (exact) mass is 347 g/mol. The van der Waals surface area contributed by atoms with Crippen LogP contribution < -0.4 is 5.32 Å². The number of ether oxygens (including phenoxy) is 1. The van der Waals surface area contributed by atoms with Gasteiger partial charge in [0, 0.05) is 24.7 Å². The number of carbonyl (C=O) groups excluding carboxylic acids is 1. The second-order valence-electron chi connectivity index (χ2n) is 6.64. The van der Waals surface area contributed by atoms with Crippen molar-refractivity contribution in [3.05, 3.63) is 59.8 Å². The molecule has 1 aromatic carbocycles. The summed E-state index contributed by atoms with van der Waals surface area (Å²) in [6.45, 7) is 3.33. The van der Waals surface area contributed by atoms with Gasteiger partial charge >= 0.3 is 0 Å². The van der Waals surface area contributed by atoms with Crippen molar-refractivity contribution in [3.8, 4) is 11.4 Å². The Morgan fingerprint density at radius 1 is 1.23 bits per heavy atom. The number of nitrogens with zero attached hydrogens (tertiary/aromatic N) is 2. The Hall–Kier alpha value is -2.79. The van der Waals surface area contributed by atoms with Crippen LogP contribution in [0.1, 0.15) is 28.8 Å². The van der Waals surface area contributed by atoms with E-state index in [4.69, 9.17) is 9.72 Å². The molecule has 0 aliphatic carbocycles. The van der Waals surface area contributed by atoms with Gasteiger partial charge in [0.05, 0.1) is 28.6 Å². The van der Waals surface area contributed by atoms with E-state index in [2.05, 4.69) is 10.3 Å². The summed E-state index contributed by atoms with van der Waals surface area (Å²) >= 11 is 0. The summed E-state index contributed by atoms with van der Waals surface area (Å²) < 4.78 is 5.60. The van der Waals surface area contributed by atoms with Gasteiger partial charge in [0.15, 0.2) is 0 Å². The first-order chi connectivity index (χ1) is 12.7. The molecule has 1 amide bonds. The number of aromatic nitrogens is 2. The van der Waals surface area contributed by atoms with Gasteiger partial charge < -0.3 is 10.1 Å². The number of hydrogen-bond acceptors (Lipinski definition) is 4. The van der Waals surface area contributed by atoms with E-state index in [0.717, 1.165) is 41.6 Å². The highest BCUT2D eigenvalue weighted by Gasteiger charge is 2.19. The van der Waals surface area contributed by atoms with Crippen LogP contribution in [0.5, 0.6) is 0 Å². The SMILES string of the molecule is Cc1ccc2nc(-c3ccccn3)cc(C(=O)NCC3CCCO3)c2c1. The average molecular weight is 347 g/mol. The number of rotatable bonds is 4. The molecule has 1 fully saturated rings. The first-order valence-electron chi connectivity index (χ1n) is 8.93. The van der Waals surface area contributed by atoms with Gasteiger partial charge in [-0.3, -0.25) is 9.78 Å². The van der Waals surface area contributed by atoms with E-state index in [1.54, 1.807) is 6.20 Å². The van der Waals surface area contributed by atoms with Crippen LogP contribution in [0.3, 0.4) is 0 Å². The van der Waals surface area contributed by atoms with Crippen molar-refractivity contribution in [1.82, 2.24) is 15.3 Å². The standard InChI is InChI=1S/C21H21N3O2/c1-14-7-8-18-16(11-14)17(21(25)23-13-15-5-4-10-26-15)12-20(24-18)19-6-2-3-9-22-19/h2-3,6-9,11-12,15H,4-5,10,13H2,1H3,(H,23,25). The number of aryl methyl sites for hydroxylation is 1. The fraction of sp³-hybridized carbons (Fsp3) is 0.286. The maximum atomic E-state index is 12.9. The zero-order valence-electron chi connectivity index (χ0n) is 14.7. The van der Waals surface area contributed by atoms with Gasteiger partial charge in [-0.2, -0.15) is 0 Å². The van der Waals surface area contributed by atoms with Crippen LogP contribution in [-0.4, -0.2) is 35.1 Å². The van der Waals surface area contributed by atoms with Gasteiger partial charge in [0.25, 0.3) is 5.91 Å². The van der Waals surface area contributed by atoms with Crippen molar-refractivity contribution in [1.29, 1.82) is 0 Å². The predicted octanol–water partition coefficient (Wildman–Crippen LogP) is 3.51. The molecule has 1 unspecified atom stereocenters. The minimum absolute atomic E-state index is 0.101. The second kappa shape index (κ2) is 7.22. The predicted molar refractivity (Wildman–Crippen MR) is 101 cm³/mol. The third-order valence-corrected chi connectivity index (χ3v) is 4.65. The molecule has 0 spiro atoms. The van der Waals surface area contributed by atoms with Crippen LogP contribution in [0.2, 0.25) is 0 Å². The fourth-order valence-electron chi connectivity index (χ4n) is 3.28. The lowest BCUT2D eigenvalue weighted by Gasteiger charge is -2.13. The first-order valence-corrected chi connectivity index (χ1v) is 8.93. The summed E-state index contributed by atoms with van der Waals surface area (Å²) in [4.78, 5) is 22.0. The van der Waals surface area contributed by atoms with Gasteiger partial charge in [-0.1, -0.05) is 17.7 Å². The highest BCUT2D eigenvalue weighted by Crippen LogP contribution is 2.25. The summed E-state index contributed by atoms with van der Waals surface area (Å²) in [6, 6.07) is 13.5. The highest BCUT2D eigenvalue weighted by molar-refractivity contribution is 6.07. The van der Waals surface area contributed by atoms with Crippen LogP contribution in [0.15, 0.2) is 48.7 Å². The molecule has 0 bridgehead atoms. The van der Waals surface area contributed by atoms with E-state index < -0.39 is 0 Å². The zero-order chi connectivity index (χ0) is 17.9. The summed E-state index contributed by atoms with van der Waals surface area (Å²) in [5.41, 5.74) is 3.96. The summed E-state index contributed by atoms with van der Waals surface area (Å²) in [5.74, 6) is -0.101. The maximum absolute atomic E-state index is 12.9. The molecule has 2 aromatic heterocycles. The molecule has 1 atom stereocenters. The summed E-state index contributed by atoms with van der Waals surface area (Å²) in [5, 5.41) is 3.88. The zero-order valence-corrected chi connectivity index (χ0v) is 14.7. The molecule has 1 N–H and O–H groups in total. The van der Waals surface area contributed by atoms with E-state index >= 15 is 0 Å². The summed E-state index contributed by atoms with van der Waals surface area (Å²) in [7, 11) is 0. The molecule has 0 saturated carbocycles. The Bertz CT molecular complexity index is 935. The lowest BCUT2D eigenvalue weighted by molar-refractivity contribution is 0.0859. The molecular formula is C21H21N3O2. The molecule has 4 rings (SSSR count). The van der Waals surface area contributed by atoms with Crippen molar-refractivity contribution in [2.45, 2.75) is 25.9 Å². The number of pyridine rings is 2. The van der Waals surface area contributed by atoms with Gasteiger partial charge in [-0.05, 0) is 50.1 Å². The van der Waals surface area contributed by atoms with Crippen LogP contribution in [0, 0.1) is 6.92 Å². The molecule has 1 aliphatic heterocycles. The Balaban J connectivity index is 1.72. The molecule has 1 saturated heterocycles. The van der Waals surface area contributed by atoms with E-state index in [0.29, 0.717) is 17.8 Å². The number of amides is 1. The van der Waals surface area contributed by atoms with Gasteiger partial charge in [0.2, 0.25) is 0 Å². The molecule has 3 heterocycles. The number of benzene rings is 1. The van der Waals surface area contributed by atoms with Crippen molar-refractivity contribution in [2.75, 3.05) is 13.2 Å². The van der Waals surface area contributed by atoms with E-state index in [1.165, 1.54) is 0 Å². The minimum Gasteiger partial charge on any atom is -0.376 e. The molecule has 132 valence electrons.